The summed E-state index contributed by atoms with van der Waals surface area (Å²) in [6, 6.07) is 25.3. The van der Waals surface area contributed by atoms with Gasteiger partial charge in [-0.05, 0) is 47.5 Å². The summed E-state index contributed by atoms with van der Waals surface area (Å²) in [5, 5.41) is 11.9. The maximum absolute atomic E-state index is 13.5. The number of hydrogen-bond donors (Lipinski definition) is 1. The van der Waals surface area contributed by atoms with Crippen molar-refractivity contribution in [2.45, 2.75) is 30.1 Å². The lowest BCUT2D eigenvalue weighted by Gasteiger charge is -2.14. The number of rotatable bonds is 9. The third-order valence-electron chi connectivity index (χ3n) is 5.96. The Morgan fingerprint density at radius 1 is 0.923 bits per heavy atom. The molecule has 0 aliphatic rings. The van der Waals surface area contributed by atoms with E-state index in [1.165, 1.54) is 17.8 Å². The standard InChI is InChI=1S/C29H23F3N4O2S/c30-29(31,32)22-11-6-12-23(17-22)36-26(16-20-8-2-1-3-9-20)34-35-28(36)39-19-21-10-4-5-14-25(21)27(37)33-18-24-13-7-15-38-24/h1-15,17H,16,18-19H2,(H,33,37). The van der Waals surface area contributed by atoms with E-state index in [9.17, 15) is 18.0 Å². The molecule has 0 bridgehead atoms. The minimum Gasteiger partial charge on any atom is -0.467 e. The van der Waals surface area contributed by atoms with Crippen molar-refractivity contribution in [3.63, 3.8) is 0 Å². The molecular formula is C29H23F3N4O2S. The first-order valence-corrected chi connectivity index (χ1v) is 13.0. The van der Waals surface area contributed by atoms with E-state index in [1.807, 2.05) is 42.5 Å². The lowest BCUT2D eigenvalue weighted by atomic mass is 10.1. The van der Waals surface area contributed by atoms with E-state index in [-0.39, 0.29) is 12.5 Å². The summed E-state index contributed by atoms with van der Waals surface area (Å²) < 4.78 is 47.5. The highest BCUT2D eigenvalue weighted by molar-refractivity contribution is 7.98. The smallest absolute Gasteiger partial charge is 0.416 e. The van der Waals surface area contributed by atoms with E-state index in [1.54, 1.807) is 41.2 Å². The molecule has 39 heavy (non-hydrogen) atoms. The average molecular weight is 549 g/mol. The molecule has 5 rings (SSSR count). The summed E-state index contributed by atoms with van der Waals surface area (Å²) in [7, 11) is 0. The van der Waals surface area contributed by atoms with Gasteiger partial charge in [0.05, 0.1) is 24.1 Å². The molecule has 0 aliphatic heterocycles. The van der Waals surface area contributed by atoms with Crippen LogP contribution in [0, 0.1) is 0 Å². The molecule has 3 aromatic carbocycles. The minimum absolute atomic E-state index is 0.250. The van der Waals surface area contributed by atoms with Crippen LogP contribution >= 0.6 is 11.8 Å². The molecule has 10 heteroatoms. The number of amides is 1. The maximum Gasteiger partial charge on any atom is 0.416 e. The van der Waals surface area contributed by atoms with Gasteiger partial charge >= 0.3 is 6.18 Å². The van der Waals surface area contributed by atoms with Crippen molar-refractivity contribution in [3.8, 4) is 5.69 Å². The highest BCUT2D eigenvalue weighted by atomic mass is 32.2. The van der Waals surface area contributed by atoms with Gasteiger partial charge in [0.1, 0.15) is 11.6 Å². The number of furan rings is 1. The molecule has 0 atom stereocenters. The van der Waals surface area contributed by atoms with Crippen molar-refractivity contribution >= 4 is 17.7 Å². The monoisotopic (exact) mass is 548 g/mol. The number of hydrogen-bond acceptors (Lipinski definition) is 5. The molecule has 1 N–H and O–H groups in total. The number of thioether (sulfide) groups is 1. The molecule has 0 fully saturated rings. The fraction of sp³-hybridized carbons (Fsp3) is 0.138. The number of aromatic nitrogens is 3. The first-order valence-electron chi connectivity index (χ1n) is 12.1. The topological polar surface area (TPSA) is 73.0 Å². The molecule has 6 nitrogen and oxygen atoms in total. The predicted molar refractivity (Wildman–Crippen MR) is 141 cm³/mol. The van der Waals surface area contributed by atoms with Gasteiger partial charge in [0, 0.05) is 17.7 Å². The van der Waals surface area contributed by atoms with Crippen LogP contribution in [0.5, 0.6) is 0 Å². The van der Waals surface area contributed by atoms with Crippen LogP contribution < -0.4 is 5.32 Å². The molecule has 5 aromatic rings. The van der Waals surface area contributed by atoms with Gasteiger partial charge in [0.15, 0.2) is 5.16 Å². The Bertz CT molecular complexity index is 1550. The van der Waals surface area contributed by atoms with Gasteiger partial charge in [-0.1, -0.05) is 66.4 Å². The summed E-state index contributed by atoms with van der Waals surface area (Å²) in [6.07, 6.45) is -2.56. The lowest BCUT2D eigenvalue weighted by Crippen LogP contribution is -2.23. The van der Waals surface area contributed by atoms with Crippen LogP contribution in [0.2, 0.25) is 0 Å². The molecule has 0 spiro atoms. The lowest BCUT2D eigenvalue weighted by molar-refractivity contribution is -0.137. The summed E-state index contributed by atoms with van der Waals surface area (Å²) >= 11 is 1.30. The molecule has 0 unspecified atom stereocenters. The van der Waals surface area contributed by atoms with Crippen molar-refractivity contribution in [1.29, 1.82) is 0 Å². The summed E-state index contributed by atoms with van der Waals surface area (Å²) in [5.74, 6) is 1.24. The second-order valence-electron chi connectivity index (χ2n) is 8.65. The van der Waals surface area contributed by atoms with Crippen LogP contribution in [-0.4, -0.2) is 20.7 Å². The van der Waals surface area contributed by atoms with E-state index < -0.39 is 11.7 Å². The van der Waals surface area contributed by atoms with Crippen LogP contribution in [0.25, 0.3) is 5.69 Å². The van der Waals surface area contributed by atoms with Gasteiger partial charge in [-0.15, -0.1) is 10.2 Å². The average Bonchev–Trinajstić information content (AvgIpc) is 3.61. The van der Waals surface area contributed by atoms with Crippen molar-refractivity contribution in [1.82, 2.24) is 20.1 Å². The number of nitrogens with zero attached hydrogens (tertiary/aromatic N) is 3. The second kappa shape index (κ2) is 11.6. The Kier molecular flexibility index (Phi) is 7.83. The number of halogens is 3. The molecule has 198 valence electrons. The fourth-order valence-electron chi connectivity index (χ4n) is 4.05. The zero-order valence-corrected chi connectivity index (χ0v) is 21.4. The molecule has 0 saturated heterocycles. The van der Waals surface area contributed by atoms with Crippen LogP contribution in [0.4, 0.5) is 13.2 Å². The molecule has 1 amide bonds. The normalized spacial score (nSPS) is 11.5. The zero-order chi connectivity index (χ0) is 27.2. The van der Waals surface area contributed by atoms with Crippen molar-refractivity contribution in [3.05, 3.63) is 131 Å². The fourth-order valence-corrected chi connectivity index (χ4v) is 5.03. The van der Waals surface area contributed by atoms with Crippen LogP contribution in [0.1, 0.15) is 38.6 Å². The molecule has 0 saturated carbocycles. The molecule has 2 aromatic heterocycles. The van der Waals surface area contributed by atoms with Crippen LogP contribution in [-0.2, 0) is 24.9 Å². The summed E-state index contributed by atoms with van der Waals surface area (Å²) in [4.78, 5) is 12.9. The molecule has 2 heterocycles. The molecule has 0 radical (unpaired) electrons. The van der Waals surface area contributed by atoms with Gasteiger partial charge in [0.2, 0.25) is 0 Å². The predicted octanol–water partition coefficient (Wildman–Crippen LogP) is 6.69. The van der Waals surface area contributed by atoms with Gasteiger partial charge in [-0.3, -0.25) is 9.36 Å². The summed E-state index contributed by atoms with van der Waals surface area (Å²) in [5.41, 5.74) is 1.75. The minimum atomic E-state index is -4.49. The van der Waals surface area contributed by atoms with Crippen LogP contribution in [0.15, 0.2) is 107 Å². The molecule has 0 aliphatic carbocycles. The molecular weight excluding hydrogens is 525 g/mol. The first kappa shape index (κ1) is 26.3. The highest BCUT2D eigenvalue weighted by Gasteiger charge is 2.31. The Morgan fingerprint density at radius 3 is 2.49 bits per heavy atom. The Balaban J connectivity index is 1.43. The largest absolute Gasteiger partial charge is 0.467 e. The highest BCUT2D eigenvalue weighted by Crippen LogP contribution is 2.33. The van der Waals surface area contributed by atoms with Gasteiger partial charge in [-0.2, -0.15) is 13.2 Å². The first-order chi connectivity index (χ1) is 18.9. The number of nitrogens with one attached hydrogen (secondary N) is 1. The maximum atomic E-state index is 13.5. The van der Waals surface area contributed by atoms with E-state index >= 15 is 0 Å². The Morgan fingerprint density at radius 2 is 1.72 bits per heavy atom. The number of carbonyl (C=O) groups excluding carboxylic acids is 1. The quantitative estimate of drug-likeness (QED) is 0.208. The van der Waals surface area contributed by atoms with Crippen molar-refractivity contribution in [2.24, 2.45) is 0 Å². The van der Waals surface area contributed by atoms with Gasteiger partial charge in [-0.25, -0.2) is 0 Å². The summed E-state index contributed by atoms with van der Waals surface area (Å²) in [6.45, 7) is 0.250. The van der Waals surface area contributed by atoms with Crippen LogP contribution in [0.3, 0.4) is 0 Å². The Hall–Kier alpha value is -4.31. The number of carbonyl (C=O) groups is 1. The van der Waals surface area contributed by atoms with Crippen molar-refractivity contribution < 1.29 is 22.4 Å². The van der Waals surface area contributed by atoms with E-state index in [0.717, 1.165) is 23.3 Å². The van der Waals surface area contributed by atoms with Crippen molar-refractivity contribution in [2.75, 3.05) is 0 Å². The van der Waals surface area contributed by atoms with E-state index in [2.05, 4.69) is 15.5 Å². The Labute approximate surface area is 226 Å². The third-order valence-corrected chi connectivity index (χ3v) is 6.94. The van der Waals surface area contributed by atoms with Gasteiger partial charge < -0.3 is 9.73 Å². The second-order valence-corrected chi connectivity index (χ2v) is 9.60. The van der Waals surface area contributed by atoms with Gasteiger partial charge in [0.25, 0.3) is 5.91 Å². The zero-order valence-electron chi connectivity index (χ0n) is 20.6. The number of alkyl halides is 3. The van der Waals surface area contributed by atoms with E-state index in [4.69, 9.17) is 4.42 Å². The van der Waals surface area contributed by atoms with E-state index in [0.29, 0.717) is 40.2 Å². The SMILES string of the molecule is O=C(NCc1ccco1)c1ccccc1CSc1nnc(Cc2ccccc2)n1-c1cccc(C(F)(F)F)c1. The number of benzene rings is 3. The third kappa shape index (κ3) is 6.40.